The van der Waals surface area contributed by atoms with Crippen molar-refractivity contribution in [3.63, 3.8) is 0 Å². The van der Waals surface area contributed by atoms with Gasteiger partial charge in [-0.05, 0) is 38.5 Å². The van der Waals surface area contributed by atoms with Gasteiger partial charge in [-0.15, -0.1) is 0 Å². The van der Waals surface area contributed by atoms with Gasteiger partial charge in [-0.2, -0.15) is 4.98 Å². The van der Waals surface area contributed by atoms with Crippen molar-refractivity contribution in [3.05, 3.63) is 11.8 Å². The van der Waals surface area contributed by atoms with Gasteiger partial charge in [0.1, 0.15) is 5.82 Å². The van der Waals surface area contributed by atoms with Crippen molar-refractivity contribution in [1.29, 1.82) is 0 Å². The van der Waals surface area contributed by atoms with E-state index in [1.807, 2.05) is 6.92 Å². The minimum atomic E-state index is -0.563. The fourth-order valence-electron chi connectivity index (χ4n) is 2.69. The summed E-state index contributed by atoms with van der Waals surface area (Å²) in [7, 11) is 0. The molecule has 0 aliphatic heterocycles. The summed E-state index contributed by atoms with van der Waals surface area (Å²) >= 11 is 0. The van der Waals surface area contributed by atoms with Gasteiger partial charge in [0.05, 0.1) is 11.7 Å². The molecule has 0 radical (unpaired) electrons. The average molecular weight is 321 g/mol. The van der Waals surface area contributed by atoms with E-state index in [9.17, 15) is 9.90 Å². The summed E-state index contributed by atoms with van der Waals surface area (Å²) in [5.41, 5.74) is 5.69. The zero-order chi connectivity index (χ0) is 17.0. The van der Waals surface area contributed by atoms with E-state index in [2.05, 4.69) is 34.4 Å². The number of rotatable bonds is 6. The van der Waals surface area contributed by atoms with Crippen LogP contribution in [-0.2, 0) is 0 Å². The molecule has 1 amide bonds. The number of anilines is 2. The fraction of sp³-hybridized carbons (Fsp3) is 0.688. The second-order valence-electron chi connectivity index (χ2n) is 6.47. The number of hydrogen-bond acceptors (Lipinski definition) is 6. The van der Waals surface area contributed by atoms with E-state index < -0.39 is 5.91 Å². The molecule has 1 fully saturated rings. The van der Waals surface area contributed by atoms with Crippen LogP contribution in [0.25, 0.3) is 0 Å². The van der Waals surface area contributed by atoms with Crippen LogP contribution < -0.4 is 16.4 Å². The third-order valence-corrected chi connectivity index (χ3v) is 4.54. The summed E-state index contributed by atoms with van der Waals surface area (Å²) in [4.78, 5) is 20.2. The fourth-order valence-corrected chi connectivity index (χ4v) is 2.69. The Morgan fingerprint density at radius 1 is 1.52 bits per heavy atom. The highest BCUT2D eigenvalue weighted by molar-refractivity contribution is 5.97. The first kappa shape index (κ1) is 17.5. The molecule has 23 heavy (non-hydrogen) atoms. The SMILES string of the molecule is CCC(C)Nc1ncc(C(N)=O)c(NC2CCC(C)C(O)C2)n1. The summed E-state index contributed by atoms with van der Waals surface area (Å²) in [6, 6.07) is 0.310. The Bertz CT molecular complexity index is 551. The standard InChI is InChI=1S/C16H27N5O2/c1-4-10(3)19-16-18-8-12(14(17)23)15(21-16)20-11-6-5-9(2)13(22)7-11/h8-11,13,22H,4-7H2,1-3H3,(H2,17,23)(H2,18,19,20,21). The Kier molecular flexibility index (Phi) is 5.76. The summed E-state index contributed by atoms with van der Waals surface area (Å²) < 4.78 is 0. The number of nitrogens with two attached hydrogens (primary N) is 1. The Morgan fingerprint density at radius 3 is 2.87 bits per heavy atom. The van der Waals surface area contributed by atoms with Crippen LogP contribution >= 0.6 is 0 Å². The number of hydrogen-bond donors (Lipinski definition) is 4. The van der Waals surface area contributed by atoms with Crippen molar-refractivity contribution in [3.8, 4) is 0 Å². The number of aliphatic hydroxyl groups excluding tert-OH is 1. The molecule has 1 aromatic heterocycles. The molecular weight excluding hydrogens is 294 g/mol. The number of aliphatic hydroxyl groups is 1. The van der Waals surface area contributed by atoms with Crippen molar-refractivity contribution < 1.29 is 9.90 Å². The van der Waals surface area contributed by atoms with Gasteiger partial charge in [0, 0.05) is 18.3 Å². The molecule has 0 bridgehead atoms. The molecule has 1 aliphatic rings. The molecule has 1 aliphatic carbocycles. The molecule has 4 atom stereocenters. The van der Waals surface area contributed by atoms with Crippen molar-refractivity contribution in [2.75, 3.05) is 10.6 Å². The number of primary amides is 1. The Hall–Kier alpha value is -1.89. The maximum Gasteiger partial charge on any atom is 0.254 e. The summed E-state index contributed by atoms with van der Waals surface area (Å²) in [5, 5.41) is 16.5. The third-order valence-electron chi connectivity index (χ3n) is 4.54. The zero-order valence-corrected chi connectivity index (χ0v) is 14.0. The lowest BCUT2D eigenvalue weighted by Gasteiger charge is -2.32. The highest BCUT2D eigenvalue weighted by Gasteiger charge is 2.27. The van der Waals surface area contributed by atoms with Crippen molar-refractivity contribution in [1.82, 2.24) is 9.97 Å². The van der Waals surface area contributed by atoms with Gasteiger partial charge in [0.2, 0.25) is 5.95 Å². The van der Waals surface area contributed by atoms with Crippen molar-refractivity contribution in [2.45, 2.75) is 64.6 Å². The van der Waals surface area contributed by atoms with Crippen LogP contribution in [-0.4, -0.2) is 39.2 Å². The van der Waals surface area contributed by atoms with Gasteiger partial charge in [-0.3, -0.25) is 4.79 Å². The van der Waals surface area contributed by atoms with E-state index in [1.165, 1.54) is 6.20 Å². The molecular formula is C16H27N5O2. The average Bonchev–Trinajstić information content (AvgIpc) is 2.50. The predicted octanol–water partition coefficient (Wildman–Crippen LogP) is 1.75. The molecule has 4 unspecified atom stereocenters. The van der Waals surface area contributed by atoms with Gasteiger partial charge < -0.3 is 21.5 Å². The van der Waals surface area contributed by atoms with Crippen LogP contribution in [0.3, 0.4) is 0 Å². The van der Waals surface area contributed by atoms with Gasteiger partial charge in [-0.1, -0.05) is 13.8 Å². The predicted molar refractivity (Wildman–Crippen MR) is 90.4 cm³/mol. The van der Waals surface area contributed by atoms with E-state index in [0.717, 1.165) is 19.3 Å². The van der Waals surface area contributed by atoms with E-state index in [4.69, 9.17) is 5.73 Å². The second-order valence-corrected chi connectivity index (χ2v) is 6.47. The number of nitrogens with zero attached hydrogens (tertiary/aromatic N) is 2. The number of aromatic nitrogens is 2. The van der Waals surface area contributed by atoms with E-state index in [1.54, 1.807) is 0 Å². The minimum absolute atomic E-state index is 0.0747. The summed E-state index contributed by atoms with van der Waals surface area (Å²) in [6.45, 7) is 6.16. The third kappa shape index (κ3) is 4.54. The molecule has 0 aromatic carbocycles. The topological polar surface area (TPSA) is 113 Å². The molecule has 5 N–H and O–H groups in total. The molecule has 128 valence electrons. The molecule has 1 aromatic rings. The maximum absolute atomic E-state index is 11.6. The summed E-state index contributed by atoms with van der Waals surface area (Å²) in [6.07, 6.45) is 4.55. The molecule has 7 nitrogen and oxygen atoms in total. The Labute approximate surface area is 137 Å². The highest BCUT2D eigenvalue weighted by atomic mass is 16.3. The summed E-state index contributed by atoms with van der Waals surface area (Å²) in [5.74, 6) is 0.644. The lowest BCUT2D eigenvalue weighted by Crippen LogP contribution is -2.35. The van der Waals surface area contributed by atoms with E-state index in [0.29, 0.717) is 24.1 Å². The van der Waals surface area contributed by atoms with E-state index >= 15 is 0 Å². The normalized spacial score (nSPS) is 25.7. The quantitative estimate of drug-likeness (QED) is 0.635. The molecule has 2 rings (SSSR count). The second kappa shape index (κ2) is 7.59. The first-order valence-electron chi connectivity index (χ1n) is 8.28. The lowest BCUT2D eigenvalue weighted by molar-refractivity contribution is 0.0739. The van der Waals surface area contributed by atoms with Crippen LogP contribution in [0.1, 0.15) is 56.8 Å². The zero-order valence-electron chi connectivity index (χ0n) is 14.0. The lowest BCUT2D eigenvalue weighted by atomic mass is 9.85. The van der Waals surface area contributed by atoms with Crippen LogP contribution in [0.5, 0.6) is 0 Å². The minimum Gasteiger partial charge on any atom is -0.393 e. The van der Waals surface area contributed by atoms with E-state index in [-0.39, 0.29) is 23.8 Å². The van der Waals surface area contributed by atoms with Crippen LogP contribution in [0.2, 0.25) is 0 Å². The number of carbonyl (C=O) groups is 1. The number of amides is 1. The molecule has 1 heterocycles. The largest absolute Gasteiger partial charge is 0.393 e. The number of carbonyl (C=O) groups excluding carboxylic acids is 1. The van der Waals surface area contributed by atoms with Crippen LogP contribution in [0.4, 0.5) is 11.8 Å². The Morgan fingerprint density at radius 2 is 2.26 bits per heavy atom. The first-order valence-corrected chi connectivity index (χ1v) is 8.28. The van der Waals surface area contributed by atoms with Crippen LogP contribution in [0, 0.1) is 5.92 Å². The van der Waals surface area contributed by atoms with Gasteiger partial charge >= 0.3 is 0 Å². The first-order chi connectivity index (χ1) is 10.9. The molecule has 0 saturated heterocycles. The monoisotopic (exact) mass is 321 g/mol. The van der Waals surface area contributed by atoms with Gasteiger partial charge in [0.25, 0.3) is 5.91 Å². The van der Waals surface area contributed by atoms with Crippen molar-refractivity contribution >= 4 is 17.7 Å². The molecule has 0 spiro atoms. The van der Waals surface area contributed by atoms with Crippen LogP contribution in [0.15, 0.2) is 6.20 Å². The van der Waals surface area contributed by atoms with Crippen molar-refractivity contribution in [2.24, 2.45) is 11.7 Å². The molecule has 7 heteroatoms. The van der Waals surface area contributed by atoms with Gasteiger partial charge in [-0.25, -0.2) is 4.98 Å². The van der Waals surface area contributed by atoms with Gasteiger partial charge in [0.15, 0.2) is 0 Å². The highest BCUT2D eigenvalue weighted by Crippen LogP contribution is 2.27. The number of nitrogens with one attached hydrogen (secondary N) is 2. The Balaban J connectivity index is 2.17. The smallest absolute Gasteiger partial charge is 0.254 e. The maximum atomic E-state index is 11.6. The molecule has 1 saturated carbocycles.